The molecule has 4 aromatic carbocycles. The highest BCUT2D eigenvalue weighted by Crippen LogP contribution is 2.45. The Hall–Kier alpha value is -4.78. The Morgan fingerprint density at radius 3 is 2.57 bits per heavy atom. The first-order valence-electron chi connectivity index (χ1n) is 12.0. The second-order valence-electron chi connectivity index (χ2n) is 8.77. The molecule has 0 radical (unpaired) electrons. The predicted molar refractivity (Wildman–Crippen MR) is 139 cm³/mol. The molecule has 7 heteroatoms. The third-order valence-electron chi connectivity index (χ3n) is 6.59. The summed E-state index contributed by atoms with van der Waals surface area (Å²) in [7, 11) is 0. The first-order chi connectivity index (χ1) is 18.0. The number of carbonyl (C=O) groups is 2. The summed E-state index contributed by atoms with van der Waals surface area (Å²) in [6.45, 7) is 2.42. The maximum Gasteiger partial charge on any atom is 0.300 e. The first-order valence-corrected chi connectivity index (χ1v) is 12.0. The van der Waals surface area contributed by atoms with Gasteiger partial charge in [0.05, 0.1) is 18.2 Å². The number of nitrogens with zero attached hydrogens (tertiary/aromatic N) is 1. The smallest absolute Gasteiger partial charge is 0.300 e. The van der Waals surface area contributed by atoms with Crippen LogP contribution in [-0.4, -0.2) is 30.2 Å². The third kappa shape index (κ3) is 3.85. The number of anilines is 1. The van der Waals surface area contributed by atoms with Gasteiger partial charge >= 0.3 is 0 Å². The van der Waals surface area contributed by atoms with E-state index in [0.717, 1.165) is 10.8 Å². The van der Waals surface area contributed by atoms with Crippen LogP contribution in [0.25, 0.3) is 16.5 Å². The Bertz CT molecular complexity index is 1590. The number of ketones is 1. The van der Waals surface area contributed by atoms with Gasteiger partial charge < -0.3 is 19.3 Å². The van der Waals surface area contributed by atoms with Gasteiger partial charge in [0.1, 0.15) is 11.5 Å². The highest BCUT2D eigenvalue weighted by Gasteiger charge is 2.47. The second kappa shape index (κ2) is 9.02. The molecule has 1 atom stereocenters. The number of Topliss-reactive ketones (excluding diaryl/α,β-unsaturated/α-hetero) is 1. The van der Waals surface area contributed by atoms with Crippen molar-refractivity contribution in [2.75, 3.05) is 18.3 Å². The molecule has 1 fully saturated rings. The zero-order valence-corrected chi connectivity index (χ0v) is 20.0. The van der Waals surface area contributed by atoms with Crippen LogP contribution >= 0.6 is 0 Å². The van der Waals surface area contributed by atoms with E-state index in [1.807, 2.05) is 55.5 Å². The van der Waals surface area contributed by atoms with Gasteiger partial charge in [0.2, 0.25) is 6.79 Å². The Morgan fingerprint density at radius 1 is 0.919 bits per heavy atom. The van der Waals surface area contributed by atoms with Crippen LogP contribution in [0.1, 0.15) is 24.1 Å². The zero-order valence-electron chi connectivity index (χ0n) is 20.0. The van der Waals surface area contributed by atoms with E-state index in [4.69, 9.17) is 14.2 Å². The molecule has 2 heterocycles. The van der Waals surface area contributed by atoms with E-state index in [-0.39, 0.29) is 18.1 Å². The van der Waals surface area contributed by atoms with Crippen LogP contribution in [0.3, 0.4) is 0 Å². The highest BCUT2D eigenvalue weighted by atomic mass is 16.7. The van der Waals surface area contributed by atoms with E-state index in [1.54, 1.807) is 36.4 Å². The Labute approximate surface area is 213 Å². The van der Waals surface area contributed by atoms with E-state index < -0.39 is 17.7 Å². The molecular formula is C30H23NO6. The molecule has 1 saturated heterocycles. The molecule has 0 aromatic heterocycles. The van der Waals surface area contributed by atoms with Crippen molar-refractivity contribution in [1.82, 2.24) is 0 Å². The molecule has 0 saturated carbocycles. The van der Waals surface area contributed by atoms with Crippen molar-refractivity contribution < 1.29 is 28.9 Å². The SMILES string of the molecule is CCOc1cccc(C2/C(=C(/O)c3ccc4ccccc4c3)C(=O)C(=O)N2c2ccc3c(c2)OCO3)c1. The van der Waals surface area contributed by atoms with Gasteiger partial charge in [-0.1, -0.05) is 48.5 Å². The molecule has 7 nitrogen and oxygen atoms in total. The maximum atomic E-state index is 13.5. The fourth-order valence-corrected chi connectivity index (χ4v) is 4.88. The van der Waals surface area contributed by atoms with E-state index in [9.17, 15) is 14.7 Å². The Balaban J connectivity index is 1.55. The van der Waals surface area contributed by atoms with Gasteiger partial charge in [0, 0.05) is 17.3 Å². The van der Waals surface area contributed by atoms with Gasteiger partial charge in [0.15, 0.2) is 11.5 Å². The summed E-state index contributed by atoms with van der Waals surface area (Å²) in [4.78, 5) is 28.4. The lowest BCUT2D eigenvalue weighted by Crippen LogP contribution is -2.29. The van der Waals surface area contributed by atoms with Crippen molar-refractivity contribution >= 4 is 33.9 Å². The molecule has 0 bridgehead atoms. The number of rotatable bonds is 5. The third-order valence-corrected chi connectivity index (χ3v) is 6.59. The number of fused-ring (bicyclic) bond motifs is 2. The van der Waals surface area contributed by atoms with Gasteiger partial charge in [-0.2, -0.15) is 0 Å². The summed E-state index contributed by atoms with van der Waals surface area (Å²) in [6, 6.07) is 24.6. The number of benzene rings is 4. The lowest BCUT2D eigenvalue weighted by atomic mass is 9.94. The van der Waals surface area contributed by atoms with Gasteiger partial charge in [-0.15, -0.1) is 0 Å². The summed E-state index contributed by atoms with van der Waals surface area (Å²) in [5.74, 6) is -0.105. The summed E-state index contributed by atoms with van der Waals surface area (Å²) in [5.41, 5.74) is 1.54. The topological polar surface area (TPSA) is 85.3 Å². The fraction of sp³-hybridized carbons (Fsp3) is 0.133. The van der Waals surface area contributed by atoms with Crippen molar-refractivity contribution in [3.05, 3.63) is 102 Å². The summed E-state index contributed by atoms with van der Waals surface area (Å²) in [6.07, 6.45) is 0. The number of aliphatic hydroxyl groups excluding tert-OH is 1. The molecule has 1 unspecified atom stereocenters. The van der Waals surface area contributed by atoms with Crippen LogP contribution in [0.5, 0.6) is 17.2 Å². The lowest BCUT2D eigenvalue weighted by Gasteiger charge is -2.26. The molecule has 4 aromatic rings. The van der Waals surface area contributed by atoms with Crippen LogP contribution in [0.15, 0.2) is 90.5 Å². The van der Waals surface area contributed by atoms with Crippen LogP contribution in [0.4, 0.5) is 5.69 Å². The quantitative estimate of drug-likeness (QED) is 0.222. The van der Waals surface area contributed by atoms with Crippen molar-refractivity contribution in [1.29, 1.82) is 0 Å². The van der Waals surface area contributed by atoms with Crippen molar-refractivity contribution in [3.8, 4) is 17.2 Å². The number of amides is 1. The fourth-order valence-electron chi connectivity index (χ4n) is 4.88. The average molecular weight is 494 g/mol. The Kier molecular flexibility index (Phi) is 5.53. The van der Waals surface area contributed by atoms with E-state index >= 15 is 0 Å². The predicted octanol–water partition coefficient (Wildman–Crippen LogP) is 5.59. The minimum atomic E-state index is -0.882. The van der Waals surface area contributed by atoms with E-state index in [1.165, 1.54) is 4.90 Å². The zero-order chi connectivity index (χ0) is 25.5. The molecule has 37 heavy (non-hydrogen) atoms. The monoisotopic (exact) mass is 493 g/mol. The van der Waals surface area contributed by atoms with Crippen molar-refractivity contribution in [2.24, 2.45) is 0 Å². The standard InChI is InChI=1S/C30H23NO6/c1-2-35-23-9-5-8-20(15-23)27-26(28(32)21-11-10-18-6-3-4-7-19(18)14-21)29(33)30(34)31(27)22-12-13-24-25(16-22)37-17-36-24/h3-16,27,32H,2,17H2,1H3/b28-26-. The molecule has 6 rings (SSSR count). The molecule has 0 aliphatic carbocycles. The lowest BCUT2D eigenvalue weighted by molar-refractivity contribution is -0.132. The van der Waals surface area contributed by atoms with Gasteiger partial charge in [-0.25, -0.2) is 0 Å². The van der Waals surface area contributed by atoms with Crippen LogP contribution < -0.4 is 19.1 Å². The second-order valence-corrected chi connectivity index (χ2v) is 8.77. The van der Waals surface area contributed by atoms with Crippen LogP contribution in [-0.2, 0) is 9.59 Å². The largest absolute Gasteiger partial charge is 0.507 e. The van der Waals surface area contributed by atoms with Crippen LogP contribution in [0.2, 0.25) is 0 Å². The minimum Gasteiger partial charge on any atom is -0.507 e. The number of carbonyl (C=O) groups excluding carboxylic acids is 2. The molecule has 1 amide bonds. The maximum absolute atomic E-state index is 13.5. The normalized spacial score (nSPS) is 18.0. The molecule has 0 spiro atoms. The Morgan fingerprint density at radius 2 is 1.73 bits per heavy atom. The van der Waals surface area contributed by atoms with Gasteiger partial charge in [-0.05, 0) is 53.6 Å². The summed E-state index contributed by atoms with van der Waals surface area (Å²) >= 11 is 0. The van der Waals surface area contributed by atoms with E-state index in [2.05, 4.69) is 0 Å². The molecule has 184 valence electrons. The highest BCUT2D eigenvalue weighted by molar-refractivity contribution is 6.51. The summed E-state index contributed by atoms with van der Waals surface area (Å²) < 4.78 is 16.6. The van der Waals surface area contributed by atoms with Crippen molar-refractivity contribution in [3.63, 3.8) is 0 Å². The average Bonchev–Trinajstić information content (AvgIpc) is 3.50. The molecule has 2 aliphatic rings. The molecular weight excluding hydrogens is 470 g/mol. The number of hydrogen-bond donors (Lipinski definition) is 1. The van der Waals surface area contributed by atoms with Gasteiger partial charge in [0.25, 0.3) is 11.7 Å². The first kappa shape index (κ1) is 22.7. The minimum absolute atomic E-state index is 0.00611. The summed E-state index contributed by atoms with van der Waals surface area (Å²) in [5, 5.41) is 13.4. The van der Waals surface area contributed by atoms with Gasteiger partial charge in [-0.3, -0.25) is 14.5 Å². The van der Waals surface area contributed by atoms with Crippen LogP contribution in [0, 0.1) is 0 Å². The number of ether oxygens (including phenoxy) is 3. The molecule has 1 N–H and O–H groups in total. The van der Waals surface area contributed by atoms with E-state index in [0.29, 0.717) is 40.7 Å². The molecule has 2 aliphatic heterocycles. The number of aliphatic hydroxyl groups is 1. The van der Waals surface area contributed by atoms with Crippen molar-refractivity contribution in [2.45, 2.75) is 13.0 Å². The number of hydrogen-bond acceptors (Lipinski definition) is 6.